The van der Waals surface area contributed by atoms with E-state index in [1.54, 1.807) is 0 Å². The van der Waals surface area contributed by atoms with Crippen LogP contribution in [0.4, 0.5) is 11.4 Å². The topological polar surface area (TPSA) is 29.5 Å². The molecule has 0 unspecified atom stereocenters. The molecular formula is C23H21NO2. The highest BCUT2D eigenvalue weighted by Gasteiger charge is 2.37. The van der Waals surface area contributed by atoms with Crippen LogP contribution in [0.3, 0.4) is 0 Å². The fraction of sp³-hybridized carbons (Fsp3) is 0.174. The number of hydrogen-bond acceptors (Lipinski definition) is 2. The average molecular weight is 343 g/mol. The van der Waals surface area contributed by atoms with Crippen molar-refractivity contribution in [1.29, 1.82) is 0 Å². The summed E-state index contributed by atoms with van der Waals surface area (Å²) in [7, 11) is 0. The lowest BCUT2D eigenvalue weighted by Gasteiger charge is -2.18. The molecule has 26 heavy (non-hydrogen) atoms. The van der Waals surface area contributed by atoms with Crippen molar-refractivity contribution in [3.8, 4) is 5.75 Å². The summed E-state index contributed by atoms with van der Waals surface area (Å²) in [5.41, 5.74) is 4.09. The van der Waals surface area contributed by atoms with Gasteiger partial charge >= 0.3 is 0 Å². The summed E-state index contributed by atoms with van der Waals surface area (Å²) in [6.07, 6.45) is 0.667. The predicted molar refractivity (Wildman–Crippen MR) is 104 cm³/mol. The van der Waals surface area contributed by atoms with Gasteiger partial charge in [0.05, 0.1) is 18.2 Å². The first-order valence-electron chi connectivity index (χ1n) is 8.97. The molecule has 0 bridgehead atoms. The zero-order valence-electron chi connectivity index (χ0n) is 14.8. The highest BCUT2D eigenvalue weighted by atomic mass is 16.5. The SMILES string of the molecule is CCOc1cccc(C[C@H]2C(=O)N(c3ccccc3)c3ccccc32)c1. The van der Waals surface area contributed by atoms with Crippen molar-refractivity contribution >= 4 is 17.3 Å². The number of rotatable bonds is 5. The van der Waals surface area contributed by atoms with Crippen molar-refractivity contribution in [3.63, 3.8) is 0 Å². The lowest BCUT2D eigenvalue weighted by molar-refractivity contribution is -0.118. The number of fused-ring (bicyclic) bond motifs is 1. The zero-order chi connectivity index (χ0) is 17.9. The van der Waals surface area contributed by atoms with Crippen LogP contribution in [-0.2, 0) is 11.2 Å². The molecule has 1 heterocycles. The maximum absolute atomic E-state index is 13.3. The van der Waals surface area contributed by atoms with Crippen molar-refractivity contribution in [2.24, 2.45) is 0 Å². The second-order valence-electron chi connectivity index (χ2n) is 6.41. The van der Waals surface area contributed by atoms with E-state index in [9.17, 15) is 4.79 Å². The molecule has 4 rings (SSSR count). The molecule has 0 spiro atoms. The lowest BCUT2D eigenvalue weighted by Crippen LogP contribution is -2.24. The summed E-state index contributed by atoms with van der Waals surface area (Å²) in [4.78, 5) is 15.1. The second-order valence-corrected chi connectivity index (χ2v) is 6.41. The maximum Gasteiger partial charge on any atom is 0.239 e. The number of ether oxygens (including phenoxy) is 1. The Bertz CT molecular complexity index is 920. The monoisotopic (exact) mass is 343 g/mol. The Morgan fingerprint density at radius 2 is 1.69 bits per heavy atom. The van der Waals surface area contributed by atoms with Crippen molar-refractivity contribution in [1.82, 2.24) is 0 Å². The van der Waals surface area contributed by atoms with E-state index < -0.39 is 0 Å². The molecule has 0 fully saturated rings. The van der Waals surface area contributed by atoms with Gasteiger partial charge in [0.25, 0.3) is 0 Å². The van der Waals surface area contributed by atoms with E-state index in [0.29, 0.717) is 13.0 Å². The largest absolute Gasteiger partial charge is 0.494 e. The molecule has 0 aliphatic carbocycles. The number of carbonyl (C=O) groups is 1. The van der Waals surface area contributed by atoms with E-state index in [-0.39, 0.29) is 11.8 Å². The van der Waals surface area contributed by atoms with Gasteiger partial charge in [-0.25, -0.2) is 0 Å². The number of carbonyl (C=O) groups excluding carboxylic acids is 1. The van der Waals surface area contributed by atoms with Crippen molar-refractivity contribution in [2.45, 2.75) is 19.3 Å². The third-order valence-electron chi connectivity index (χ3n) is 4.74. The highest BCUT2D eigenvalue weighted by molar-refractivity contribution is 6.10. The third-order valence-corrected chi connectivity index (χ3v) is 4.74. The first-order chi connectivity index (χ1) is 12.8. The molecule has 3 aromatic carbocycles. The van der Waals surface area contributed by atoms with Crippen LogP contribution in [0.25, 0.3) is 0 Å². The van der Waals surface area contributed by atoms with E-state index in [4.69, 9.17) is 4.74 Å². The van der Waals surface area contributed by atoms with E-state index in [1.165, 1.54) is 0 Å². The Balaban J connectivity index is 1.69. The summed E-state index contributed by atoms with van der Waals surface area (Å²) in [5.74, 6) is 0.797. The van der Waals surface area contributed by atoms with Crippen LogP contribution in [0.1, 0.15) is 24.0 Å². The molecule has 0 radical (unpaired) electrons. The Kier molecular flexibility index (Phi) is 4.44. The van der Waals surface area contributed by atoms with Gasteiger partial charge in [-0.1, -0.05) is 48.5 Å². The van der Waals surface area contributed by atoms with E-state index >= 15 is 0 Å². The number of anilines is 2. The molecule has 1 amide bonds. The minimum Gasteiger partial charge on any atom is -0.494 e. The molecular weight excluding hydrogens is 322 g/mol. The Hall–Kier alpha value is -3.07. The summed E-state index contributed by atoms with van der Waals surface area (Å²) >= 11 is 0. The zero-order valence-corrected chi connectivity index (χ0v) is 14.8. The van der Waals surface area contributed by atoms with Crippen LogP contribution < -0.4 is 9.64 Å². The van der Waals surface area contributed by atoms with E-state index in [0.717, 1.165) is 28.3 Å². The maximum atomic E-state index is 13.3. The third kappa shape index (κ3) is 2.97. The van der Waals surface area contributed by atoms with Crippen LogP contribution in [-0.4, -0.2) is 12.5 Å². The van der Waals surface area contributed by atoms with E-state index in [2.05, 4.69) is 12.1 Å². The summed E-state index contributed by atoms with van der Waals surface area (Å²) < 4.78 is 5.60. The van der Waals surface area contributed by atoms with Crippen molar-refractivity contribution < 1.29 is 9.53 Å². The molecule has 0 N–H and O–H groups in total. The molecule has 3 aromatic rings. The molecule has 0 saturated heterocycles. The number of hydrogen-bond donors (Lipinski definition) is 0. The number of para-hydroxylation sites is 2. The second kappa shape index (κ2) is 7.04. The van der Waals surface area contributed by atoms with Gasteiger partial charge in [0, 0.05) is 5.69 Å². The van der Waals surface area contributed by atoms with Crippen LogP contribution in [0, 0.1) is 0 Å². The molecule has 1 aliphatic heterocycles. The summed E-state index contributed by atoms with van der Waals surface area (Å²) in [5, 5.41) is 0. The Morgan fingerprint density at radius 1 is 0.923 bits per heavy atom. The van der Waals surface area contributed by atoms with Crippen LogP contribution in [0.15, 0.2) is 78.9 Å². The smallest absolute Gasteiger partial charge is 0.239 e. The fourth-order valence-electron chi connectivity index (χ4n) is 3.60. The average Bonchev–Trinajstić information content (AvgIpc) is 2.95. The number of amides is 1. The highest BCUT2D eigenvalue weighted by Crippen LogP contribution is 2.43. The molecule has 3 heteroatoms. The van der Waals surface area contributed by atoms with Crippen molar-refractivity contribution in [3.05, 3.63) is 90.0 Å². The first kappa shape index (κ1) is 16.4. The predicted octanol–water partition coefficient (Wildman–Crippen LogP) is 5.09. The molecule has 0 saturated carbocycles. The minimum atomic E-state index is -0.178. The summed E-state index contributed by atoms with van der Waals surface area (Å²) in [6.45, 7) is 2.61. The van der Waals surface area contributed by atoms with Gasteiger partial charge in [-0.05, 0) is 54.8 Å². The van der Waals surface area contributed by atoms with Gasteiger partial charge in [-0.3, -0.25) is 9.69 Å². The van der Waals surface area contributed by atoms with Crippen LogP contribution in [0.5, 0.6) is 5.75 Å². The quantitative estimate of drug-likeness (QED) is 0.646. The normalized spacial score (nSPS) is 15.8. The first-order valence-corrected chi connectivity index (χ1v) is 8.97. The number of nitrogens with zero attached hydrogens (tertiary/aromatic N) is 1. The van der Waals surface area contributed by atoms with Gasteiger partial charge < -0.3 is 4.74 Å². The molecule has 1 atom stereocenters. The number of benzene rings is 3. The Labute approximate surface area is 153 Å². The minimum absolute atomic E-state index is 0.124. The lowest BCUT2D eigenvalue weighted by atomic mass is 9.93. The van der Waals surface area contributed by atoms with Gasteiger partial charge in [0.2, 0.25) is 5.91 Å². The van der Waals surface area contributed by atoms with Crippen molar-refractivity contribution in [2.75, 3.05) is 11.5 Å². The summed E-state index contributed by atoms with van der Waals surface area (Å²) in [6, 6.07) is 26.0. The molecule has 130 valence electrons. The van der Waals surface area contributed by atoms with E-state index in [1.807, 2.05) is 78.6 Å². The Morgan fingerprint density at radius 3 is 2.50 bits per heavy atom. The standard InChI is InChI=1S/C23H21NO2/c1-2-26-19-12-8-9-17(15-19)16-21-20-13-6-7-14-22(20)24(23(21)25)18-10-4-3-5-11-18/h3-15,21H,2,16H2,1H3/t21-/m1/s1. The molecule has 1 aliphatic rings. The molecule has 3 nitrogen and oxygen atoms in total. The van der Waals surface area contributed by atoms with Gasteiger partial charge in [0.15, 0.2) is 0 Å². The van der Waals surface area contributed by atoms with Gasteiger partial charge in [0.1, 0.15) is 5.75 Å². The van der Waals surface area contributed by atoms with Gasteiger partial charge in [-0.2, -0.15) is 0 Å². The van der Waals surface area contributed by atoms with Crippen LogP contribution in [0.2, 0.25) is 0 Å². The fourth-order valence-corrected chi connectivity index (χ4v) is 3.60. The van der Waals surface area contributed by atoms with Crippen LogP contribution >= 0.6 is 0 Å². The van der Waals surface area contributed by atoms with Gasteiger partial charge in [-0.15, -0.1) is 0 Å². The molecule has 0 aromatic heterocycles.